The predicted molar refractivity (Wildman–Crippen MR) is 32.6 cm³/mol. The lowest BCUT2D eigenvalue weighted by atomic mass is 10.8. The van der Waals surface area contributed by atoms with Gasteiger partial charge in [0.2, 0.25) is 5.91 Å². The van der Waals surface area contributed by atoms with E-state index >= 15 is 0 Å². The smallest absolute Gasteiger partial charge is 0.236 e. The van der Waals surface area contributed by atoms with Crippen molar-refractivity contribution in [3.8, 4) is 0 Å². The lowest BCUT2D eigenvalue weighted by Gasteiger charge is -1.85. The number of hydrogen-bond donors (Lipinski definition) is 2. The maximum Gasteiger partial charge on any atom is 0.236 e. The van der Waals surface area contributed by atoms with E-state index in [1.54, 1.807) is 0 Å². The summed E-state index contributed by atoms with van der Waals surface area (Å²) in [5.41, 5.74) is 2.11. The highest BCUT2D eigenvalue weighted by Gasteiger charge is 1.79. The lowest BCUT2D eigenvalue weighted by Crippen LogP contribution is -2.12. The highest BCUT2D eigenvalue weighted by Crippen LogP contribution is 1.57. The summed E-state index contributed by atoms with van der Waals surface area (Å²) in [5, 5.41) is 13.7. The van der Waals surface area contributed by atoms with E-state index in [9.17, 15) is 4.79 Å². The zero-order valence-electron chi connectivity index (χ0n) is 4.90. The summed E-state index contributed by atoms with van der Waals surface area (Å²) in [4.78, 5) is 10.1. The van der Waals surface area contributed by atoms with E-state index < -0.39 is 0 Å². The van der Waals surface area contributed by atoms with Crippen LogP contribution in [0.25, 0.3) is 0 Å². The number of rotatable bonds is 2. The molecule has 2 N–H and O–H groups in total. The summed E-state index contributed by atoms with van der Waals surface area (Å²) in [7, 11) is 0. The normalized spacial score (nSPS) is 10.8. The first-order chi connectivity index (χ1) is 4.27. The molecule has 0 radical (unpaired) electrons. The largest absolute Gasteiger partial charge is 0.411 e. The third-order valence-electron chi connectivity index (χ3n) is 0.430. The zero-order valence-corrected chi connectivity index (χ0v) is 4.90. The third-order valence-corrected chi connectivity index (χ3v) is 0.430. The van der Waals surface area contributed by atoms with Crippen molar-refractivity contribution in [3.05, 3.63) is 0 Å². The minimum Gasteiger partial charge on any atom is -0.411 e. The maximum atomic E-state index is 10.1. The van der Waals surface area contributed by atoms with Gasteiger partial charge in [0.25, 0.3) is 0 Å². The van der Waals surface area contributed by atoms with Gasteiger partial charge in [0.15, 0.2) is 0 Å². The molecule has 0 aliphatic rings. The minimum atomic E-state index is -0.266. The fourth-order valence-corrected chi connectivity index (χ4v) is 0.191. The maximum absolute atomic E-state index is 10.1. The van der Waals surface area contributed by atoms with Crippen molar-refractivity contribution >= 4 is 18.3 Å². The quantitative estimate of drug-likeness (QED) is 0.301. The van der Waals surface area contributed by atoms with Crippen molar-refractivity contribution in [2.45, 2.75) is 6.92 Å². The van der Waals surface area contributed by atoms with Gasteiger partial charge in [0.05, 0.1) is 12.4 Å². The molecule has 0 atom stereocenters. The van der Waals surface area contributed by atoms with Gasteiger partial charge in [-0.3, -0.25) is 4.79 Å². The van der Waals surface area contributed by atoms with Gasteiger partial charge < -0.3 is 5.21 Å². The average molecular weight is 129 g/mol. The van der Waals surface area contributed by atoms with E-state index in [4.69, 9.17) is 5.21 Å². The molecule has 0 spiro atoms. The fourth-order valence-electron chi connectivity index (χ4n) is 0.191. The molecule has 0 aromatic heterocycles. The molecule has 0 aliphatic carbocycles. The summed E-state index contributed by atoms with van der Waals surface area (Å²) in [6, 6.07) is 0. The Morgan fingerprint density at radius 3 is 2.78 bits per heavy atom. The van der Waals surface area contributed by atoms with E-state index in [2.05, 4.69) is 15.7 Å². The first-order valence-electron chi connectivity index (χ1n) is 2.23. The standard InChI is InChI=1S/C4H7N3O2/c1-4(8)7-5-2-3-6-9/h2-3,9H,1H3,(H,7,8). The van der Waals surface area contributed by atoms with E-state index in [-0.39, 0.29) is 5.91 Å². The molecule has 0 heterocycles. The Bertz CT molecular complexity index is 141. The Hall–Kier alpha value is -1.39. The van der Waals surface area contributed by atoms with Crippen molar-refractivity contribution in [1.29, 1.82) is 0 Å². The SMILES string of the molecule is CC(=O)NN=CC=NO. The van der Waals surface area contributed by atoms with Gasteiger partial charge in [-0.2, -0.15) is 5.10 Å². The van der Waals surface area contributed by atoms with Crippen molar-refractivity contribution in [3.63, 3.8) is 0 Å². The van der Waals surface area contributed by atoms with Crippen LogP contribution in [0.1, 0.15) is 6.92 Å². The molecule has 0 aromatic carbocycles. The molecular weight excluding hydrogens is 122 g/mol. The van der Waals surface area contributed by atoms with Crippen LogP contribution < -0.4 is 5.43 Å². The molecule has 0 bridgehead atoms. The van der Waals surface area contributed by atoms with Crippen LogP contribution in [0.3, 0.4) is 0 Å². The second-order valence-corrected chi connectivity index (χ2v) is 1.21. The van der Waals surface area contributed by atoms with E-state index in [1.807, 2.05) is 0 Å². The number of oxime groups is 1. The molecule has 9 heavy (non-hydrogen) atoms. The molecule has 50 valence electrons. The number of carbonyl (C=O) groups is 1. The van der Waals surface area contributed by atoms with Crippen molar-refractivity contribution in [1.82, 2.24) is 5.43 Å². The molecule has 0 rings (SSSR count). The van der Waals surface area contributed by atoms with Crippen LogP contribution in [0.4, 0.5) is 0 Å². The molecule has 0 aliphatic heterocycles. The molecule has 1 amide bonds. The lowest BCUT2D eigenvalue weighted by molar-refractivity contribution is -0.118. The first-order valence-corrected chi connectivity index (χ1v) is 2.23. The molecule has 5 heteroatoms. The monoisotopic (exact) mass is 129 g/mol. The molecular formula is C4H7N3O2. The van der Waals surface area contributed by atoms with Crippen LogP contribution in [0.2, 0.25) is 0 Å². The molecule has 0 fully saturated rings. The number of nitrogens with one attached hydrogen (secondary N) is 1. The van der Waals surface area contributed by atoms with Gasteiger partial charge in [-0.05, 0) is 0 Å². The highest BCUT2D eigenvalue weighted by atomic mass is 16.4. The van der Waals surface area contributed by atoms with Gasteiger partial charge in [-0.1, -0.05) is 5.16 Å². The summed E-state index contributed by atoms with van der Waals surface area (Å²) in [6.45, 7) is 1.33. The summed E-state index contributed by atoms with van der Waals surface area (Å²) in [5.74, 6) is -0.266. The average Bonchev–Trinajstić information content (AvgIpc) is 1.80. The van der Waals surface area contributed by atoms with Gasteiger partial charge in [0, 0.05) is 6.92 Å². The van der Waals surface area contributed by atoms with Gasteiger partial charge in [-0.25, -0.2) is 5.43 Å². The summed E-state index contributed by atoms with van der Waals surface area (Å²) in [6.07, 6.45) is 2.19. The summed E-state index contributed by atoms with van der Waals surface area (Å²) < 4.78 is 0. The third kappa shape index (κ3) is 6.61. The van der Waals surface area contributed by atoms with Crippen molar-refractivity contribution < 1.29 is 10.0 Å². The van der Waals surface area contributed by atoms with Gasteiger partial charge >= 0.3 is 0 Å². The van der Waals surface area contributed by atoms with Crippen molar-refractivity contribution in [2.75, 3.05) is 0 Å². The van der Waals surface area contributed by atoms with Crippen molar-refractivity contribution in [2.24, 2.45) is 10.3 Å². The Morgan fingerprint density at radius 2 is 2.33 bits per heavy atom. The molecule has 5 nitrogen and oxygen atoms in total. The number of amides is 1. The number of nitrogens with zero attached hydrogens (tertiary/aromatic N) is 2. The van der Waals surface area contributed by atoms with E-state index in [0.717, 1.165) is 12.4 Å². The van der Waals surface area contributed by atoms with Crippen LogP contribution in [0, 0.1) is 0 Å². The van der Waals surface area contributed by atoms with Crippen LogP contribution in [0.5, 0.6) is 0 Å². The van der Waals surface area contributed by atoms with Gasteiger partial charge in [-0.15, -0.1) is 0 Å². The van der Waals surface area contributed by atoms with Crippen LogP contribution in [0.15, 0.2) is 10.3 Å². The van der Waals surface area contributed by atoms with Crippen LogP contribution >= 0.6 is 0 Å². The highest BCUT2D eigenvalue weighted by molar-refractivity contribution is 6.15. The van der Waals surface area contributed by atoms with Crippen LogP contribution in [-0.2, 0) is 4.79 Å². The number of hydrogen-bond acceptors (Lipinski definition) is 4. The molecule has 0 unspecified atom stereocenters. The predicted octanol–water partition coefficient (Wildman–Crippen LogP) is -0.432. The van der Waals surface area contributed by atoms with Gasteiger partial charge in [0.1, 0.15) is 0 Å². The zero-order chi connectivity index (χ0) is 7.11. The number of hydrazone groups is 1. The molecule has 0 saturated carbocycles. The Morgan fingerprint density at radius 1 is 1.67 bits per heavy atom. The molecule has 0 saturated heterocycles. The van der Waals surface area contributed by atoms with E-state index in [1.165, 1.54) is 6.92 Å². The van der Waals surface area contributed by atoms with E-state index in [0.29, 0.717) is 0 Å². The Kier molecular flexibility index (Phi) is 4.03. The number of carbonyl (C=O) groups excluding carboxylic acids is 1. The second kappa shape index (κ2) is 4.76. The first kappa shape index (κ1) is 7.61. The Labute approximate surface area is 52.1 Å². The topological polar surface area (TPSA) is 74.0 Å². The fraction of sp³-hybridized carbons (Fsp3) is 0.250. The Balaban J connectivity index is 3.36. The molecule has 0 aromatic rings. The second-order valence-electron chi connectivity index (χ2n) is 1.21. The van der Waals surface area contributed by atoms with Crippen LogP contribution in [-0.4, -0.2) is 23.5 Å². The minimum absolute atomic E-state index is 0.266. The summed E-state index contributed by atoms with van der Waals surface area (Å²) >= 11 is 0.